The van der Waals surface area contributed by atoms with Gasteiger partial charge in [0.15, 0.2) is 0 Å². The SMILES string of the molecule is CC=C[Si]1N[Si]N[Si]N[Si]N1c1ccccc1. The van der Waals surface area contributed by atoms with E-state index < -0.39 is 9.12 Å². The van der Waals surface area contributed by atoms with E-state index in [9.17, 15) is 0 Å². The molecule has 3 N–H and O–H groups in total. The molecule has 1 aromatic rings. The van der Waals surface area contributed by atoms with Gasteiger partial charge in [0, 0.05) is 5.69 Å². The molecule has 8 heteroatoms. The summed E-state index contributed by atoms with van der Waals surface area (Å²) in [5.74, 6) is 0. The number of hydrogen-bond acceptors (Lipinski definition) is 4. The summed E-state index contributed by atoms with van der Waals surface area (Å²) in [6.45, 7) is 2.08. The van der Waals surface area contributed by atoms with Crippen LogP contribution < -0.4 is 18.2 Å². The van der Waals surface area contributed by atoms with E-state index in [0.717, 1.165) is 0 Å². The number of para-hydroxylation sites is 1. The fourth-order valence-corrected chi connectivity index (χ4v) is 8.13. The highest BCUT2D eigenvalue weighted by atomic mass is 28.4. The van der Waals surface area contributed by atoms with Gasteiger partial charge >= 0.3 is 0 Å². The number of nitrogens with zero attached hydrogens (tertiary/aromatic N) is 1. The fraction of sp³-hybridized carbons (Fsp3) is 0.111. The molecule has 1 fully saturated rings. The van der Waals surface area contributed by atoms with Gasteiger partial charge in [-0.1, -0.05) is 30.0 Å². The Hall–Kier alpha value is -0.492. The third-order valence-corrected chi connectivity index (χ3v) is 8.53. The molecule has 85 valence electrons. The zero-order valence-electron chi connectivity index (χ0n) is 9.49. The van der Waals surface area contributed by atoms with Gasteiger partial charge in [0.25, 0.3) is 19.0 Å². The van der Waals surface area contributed by atoms with Crippen LogP contribution >= 0.6 is 0 Å². The minimum atomic E-state index is -0.842. The van der Waals surface area contributed by atoms with Gasteiger partial charge in [-0.25, -0.2) is 0 Å². The second-order valence-electron chi connectivity index (χ2n) is 3.29. The third kappa shape index (κ3) is 3.74. The van der Waals surface area contributed by atoms with Gasteiger partial charge < -0.3 is 18.2 Å². The summed E-state index contributed by atoms with van der Waals surface area (Å²) in [6, 6.07) is 10.6. The molecule has 17 heavy (non-hydrogen) atoms. The van der Waals surface area contributed by atoms with E-state index in [1.165, 1.54) is 5.69 Å². The molecule has 0 atom stereocenters. The van der Waals surface area contributed by atoms with Gasteiger partial charge in [-0.3, -0.25) is 0 Å². The lowest BCUT2D eigenvalue weighted by Crippen LogP contribution is -2.63. The van der Waals surface area contributed by atoms with Crippen LogP contribution in [0.3, 0.4) is 0 Å². The third-order valence-electron chi connectivity index (χ3n) is 2.13. The summed E-state index contributed by atoms with van der Waals surface area (Å²) in [4.78, 5) is 0. The molecule has 0 aliphatic carbocycles. The number of allylic oxidation sites excluding steroid dienone is 1. The maximum atomic E-state index is 3.60. The average Bonchev–Trinajstić information content (AvgIpc) is 2.34. The molecule has 4 nitrogen and oxygen atoms in total. The Balaban J connectivity index is 2.18. The van der Waals surface area contributed by atoms with Crippen molar-refractivity contribution in [1.82, 2.24) is 13.9 Å². The quantitative estimate of drug-likeness (QED) is 0.641. The average molecular weight is 290 g/mol. The summed E-state index contributed by atoms with van der Waals surface area (Å²) in [6.07, 6.45) is 2.14. The standard InChI is InChI=1S/C9H13N4Si4/c1-2-8-17-12-15-10-14-11-16-13(17)9-6-4-3-5-7-9/h2-8,10-12H,1H3. The van der Waals surface area contributed by atoms with Gasteiger partial charge in [0.1, 0.15) is 0 Å². The van der Waals surface area contributed by atoms with Crippen molar-refractivity contribution in [2.24, 2.45) is 0 Å². The van der Waals surface area contributed by atoms with Crippen LogP contribution in [-0.4, -0.2) is 38.6 Å². The first-order chi connectivity index (χ1) is 8.42. The molecule has 0 bridgehead atoms. The maximum absolute atomic E-state index is 3.60. The molecule has 2 rings (SSSR count). The number of rotatable bonds is 2. The first-order valence-corrected chi connectivity index (χ1v) is 9.75. The van der Waals surface area contributed by atoms with Crippen LogP contribution in [0.2, 0.25) is 0 Å². The van der Waals surface area contributed by atoms with Crippen LogP contribution in [0, 0.1) is 0 Å². The van der Waals surface area contributed by atoms with Crippen LogP contribution in [0.5, 0.6) is 0 Å². The molecule has 0 amide bonds. The molecule has 0 aromatic heterocycles. The van der Waals surface area contributed by atoms with Crippen molar-refractivity contribution >= 4 is 44.3 Å². The Labute approximate surface area is 112 Å². The van der Waals surface area contributed by atoms with Crippen molar-refractivity contribution in [1.29, 1.82) is 0 Å². The van der Waals surface area contributed by atoms with Gasteiger partial charge in [-0.15, -0.1) is 0 Å². The Bertz CT molecular complexity index is 361. The van der Waals surface area contributed by atoms with Crippen LogP contribution in [-0.2, 0) is 0 Å². The molecular formula is C9H13N4Si4. The highest BCUT2D eigenvalue weighted by molar-refractivity contribution is 6.84. The van der Waals surface area contributed by atoms with Crippen molar-refractivity contribution in [3.05, 3.63) is 42.1 Å². The number of benzene rings is 1. The van der Waals surface area contributed by atoms with Crippen LogP contribution in [0.4, 0.5) is 5.69 Å². The lowest BCUT2D eigenvalue weighted by molar-refractivity contribution is 1.28. The topological polar surface area (TPSA) is 39.3 Å². The minimum absolute atomic E-state index is 0.618. The van der Waals surface area contributed by atoms with Gasteiger partial charge in [0.05, 0.1) is 0 Å². The lowest BCUT2D eigenvalue weighted by atomic mass is 10.3. The Morgan fingerprint density at radius 1 is 1.18 bits per heavy atom. The predicted octanol–water partition coefficient (Wildman–Crippen LogP) is -0.518. The summed E-state index contributed by atoms with van der Waals surface area (Å²) in [5, 5.41) is 0. The van der Waals surface area contributed by atoms with Gasteiger partial charge in [-0.05, 0) is 19.1 Å². The highest BCUT2D eigenvalue weighted by Gasteiger charge is 2.22. The Morgan fingerprint density at radius 3 is 2.76 bits per heavy atom. The molecule has 7 radical (unpaired) electrons. The molecule has 1 heterocycles. The van der Waals surface area contributed by atoms with Crippen LogP contribution in [0.1, 0.15) is 6.92 Å². The number of anilines is 1. The van der Waals surface area contributed by atoms with Crippen molar-refractivity contribution < 1.29 is 0 Å². The smallest absolute Gasteiger partial charge is 0.275 e. The fourth-order valence-electron chi connectivity index (χ4n) is 1.41. The molecule has 1 aliphatic heterocycles. The van der Waals surface area contributed by atoms with E-state index in [1.54, 1.807) is 0 Å². The first kappa shape index (κ1) is 13.0. The molecular weight excluding hydrogens is 276 g/mol. The Morgan fingerprint density at radius 2 is 2.00 bits per heavy atom. The van der Waals surface area contributed by atoms with E-state index in [2.05, 4.69) is 67.2 Å². The van der Waals surface area contributed by atoms with Gasteiger partial charge in [-0.2, -0.15) is 0 Å². The second kappa shape index (κ2) is 7.06. The molecule has 0 spiro atoms. The van der Waals surface area contributed by atoms with Crippen molar-refractivity contribution in [3.63, 3.8) is 0 Å². The minimum Gasteiger partial charge on any atom is -0.398 e. The molecule has 1 aliphatic rings. The molecule has 1 saturated heterocycles. The predicted molar refractivity (Wildman–Crippen MR) is 76.2 cm³/mol. The summed E-state index contributed by atoms with van der Waals surface area (Å²) in [7, 11) is 1.02. The summed E-state index contributed by atoms with van der Waals surface area (Å²) >= 11 is 0. The van der Waals surface area contributed by atoms with Crippen LogP contribution in [0.25, 0.3) is 0 Å². The van der Waals surface area contributed by atoms with E-state index in [1.807, 2.05) is 0 Å². The molecule has 1 aromatic carbocycles. The number of hydrogen-bond donors (Lipinski definition) is 3. The number of nitrogens with one attached hydrogen (secondary N) is 3. The molecule has 0 unspecified atom stereocenters. The normalized spacial score (nSPS) is 19.2. The monoisotopic (exact) mass is 289 g/mol. The van der Waals surface area contributed by atoms with E-state index in [-0.39, 0.29) is 0 Å². The van der Waals surface area contributed by atoms with E-state index >= 15 is 0 Å². The van der Waals surface area contributed by atoms with Crippen molar-refractivity contribution in [3.8, 4) is 0 Å². The lowest BCUT2D eigenvalue weighted by Gasteiger charge is -2.31. The second-order valence-corrected chi connectivity index (χ2v) is 9.46. The summed E-state index contributed by atoms with van der Waals surface area (Å²) in [5.41, 5.74) is 3.57. The largest absolute Gasteiger partial charge is 0.398 e. The van der Waals surface area contributed by atoms with Crippen LogP contribution in [0.15, 0.2) is 42.1 Å². The first-order valence-electron chi connectivity index (χ1n) is 5.28. The summed E-state index contributed by atoms with van der Waals surface area (Å²) < 4.78 is 12.9. The highest BCUT2D eigenvalue weighted by Crippen LogP contribution is 2.12. The van der Waals surface area contributed by atoms with Gasteiger partial charge in [0.2, 0.25) is 19.7 Å². The maximum Gasteiger partial charge on any atom is 0.275 e. The van der Waals surface area contributed by atoms with E-state index in [0.29, 0.717) is 29.5 Å². The Kier molecular flexibility index (Phi) is 5.38. The molecule has 0 saturated carbocycles. The van der Waals surface area contributed by atoms with Crippen molar-refractivity contribution in [2.45, 2.75) is 6.92 Å². The van der Waals surface area contributed by atoms with E-state index in [4.69, 9.17) is 0 Å². The zero-order valence-corrected chi connectivity index (χ0v) is 13.5. The zero-order chi connectivity index (χ0) is 11.9. The van der Waals surface area contributed by atoms with Crippen molar-refractivity contribution in [2.75, 3.05) is 4.23 Å².